The van der Waals surface area contributed by atoms with Crippen LogP contribution in [-0.2, 0) is 14.6 Å². The molecule has 2 unspecified atom stereocenters. The summed E-state index contributed by atoms with van der Waals surface area (Å²) >= 11 is 0. The van der Waals surface area contributed by atoms with Crippen LogP contribution in [0.4, 0.5) is 4.79 Å². The number of sulfone groups is 1. The fourth-order valence-electron chi connectivity index (χ4n) is 3.88. The van der Waals surface area contributed by atoms with Crippen LogP contribution in [0.1, 0.15) is 53.9 Å². The standard InChI is InChI=1S/C22H32N4O4S.2H2/c1-16(2)13-19(14-21(27)24-11-10-23)25-22(28)26-12-4-5-18(15-26)17-6-8-20(9-7-17)31(3,29)30;;/h6-9,16,18-19H,4-5,11-15H2,1-3H3,(H,24,27)(H,25,28);2*1H. The van der Waals surface area contributed by atoms with E-state index in [1.165, 1.54) is 6.26 Å². The molecule has 0 bridgehead atoms. The van der Waals surface area contributed by atoms with Crippen LogP contribution in [0.25, 0.3) is 0 Å². The number of likely N-dealkylation sites (tertiary alicyclic amines) is 1. The van der Waals surface area contributed by atoms with Gasteiger partial charge in [-0.15, -0.1) is 0 Å². The summed E-state index contributed by atoms with van der Waals surface area (Å²) in [6.07, 6.45) is 3.76. The molecule has 31 heavy (non-hydrogen) atoms. The molecule has 0 saturated carbocycles. The molecule has 8 nitrogen and oxygen atoms in total. The molecule has 1 fully saturated rings. The second-order valence-electron chi connectivity index (χ2n) is 8.54. The topological polar surface area (TPSA) is 119 Å². The monoisotopic (exact) mass is 452 g/mol. The van der Waals surface area contributed by atoms with Crippen molar-refractivity contribution in [3.8, 4) is 6.07 Å². The average molecular weight is 453 g/mol. The number of rotatable bonds is 8. The van der Waals surface area contributed by atoms with Crippen molar-refractivity contribution in [1.29, 1.82) is 5.26 Å². The highest BCUT2D eigenvalue weighted by molar-refractivity contribution is 7.90. The zero-order chi connectivity index (χ0) is 23.0. The van der Waals surface area contributed by atoms with Gasteiger partial charge in [0.2, 0.25) is 5.91 Å². The van der Waals surface area contributed by atoms with Gasteiger partial charge in [-0.2, -0.15) is 5.26 Å². The molecule has 0 spiro atoms. The van der Waals surface area contributed by atoms with E-state index in [0.29, 0.717) is 25.4 Å². The Kier molecular flexibility index (Phi) is 8.87. The van der Waals surface area contributed by atoms with Crippen molar-refractivity contribution < 1.29 is 20.9 Å². The van der Waals surface area contributed by atoms with Gasteiger partial charge in [-0.3, -0.25) is 4.79 Å². The number of carbonyl (C=O) groups is 2. The number of urea groups is 1. The lowest BCUT2D eigenvalue weighted by Crippen LogP contribution is -2.49. The second kappa shape index (κ2) is 11.1. The normalized spacial score (nSPS) is 17.6. The number of carbonyl (C=O) groups excluding carboxylic acids is 2. The number of hydrogen-bond donors (Lipinski definition) is 2. The predicted molar refractivity (Wildman–Crippen MR) is 122 cm³/mol. The number of hydrogen-bond acceptors (Lipinski definition) is 5. The molecule has 0 aromatic heterocycles. The third kappa shape index (κ3) is 7.87. The van der Waals surface area contributed by atoms with Crippen molar-refractivity contribution in [3.63, 3.8) is 0 Å². The van der Waals surface area contributed by atoms with E-state index in [2.05, 4.69) is 10.6 Å². The zero-order valence-electron chi connectivity index (χ0n) is 18.4. The number of amides is 3. The highest BCUT2D eigenvalue weighted by Crippen LogP contribution is 2.28. The van der Waals surface area contributed by atoms with Crippen molar-refractivity contribution in [1.82, 2.24) is 15.5 Å². The van der Waals surface area contributed by atoms with E-state index in [1.807, 2.05) is 32.0 Å². The molecular weight excluding hydrogens is 416 g/mol. The molecule has 1 aliphatic heterocycles. The third-order valence-corrected chi connectivity index (χ3v) is 6.50. The summed E-state index contributed by atoms with van der Waals surface area (Å²) in [5, 5.41) is 14.1. The lowest BCUT2D eigenvalue weighted by Gasteiger charge is -2.34. The second-order valence-corrected chi connectivity index (χ2v) is 10.6. The first-order valence-corrected chi connectivity index (χ1v) is 12.5. The molecule has 1 heterocycles. The highest BCUT2D eigenvalue weighted by Gasteiger charge is 2.27. The summed E-state index contributed by atoms with van der Waals surface area (Å²) in [7, 11) is -3.24. The van der Waals surface area contributed by atoms with Gasteiger partial charge >= 0.3 is 6.03 Å². The van der Waals surface area contributed by atoms with Gasteiger partial charge in [0, 0.05) is 40.6 Å². The third-order valence-electron chi connectivity index (χ3n) is 5.37. The highest BCUT2D eigenvalue weighted by atomic mass is 32.2. The van der Waals surface area contributed by atoms with Crippen LogP contribution in [0.5, 0.6) is 0 Å². The van der Waals surface area contributed by atoms with Gasteiger partial charge in [0.15, 0.2) is 9.84 Å². The zero-order valence-corrected chi connectivity index (χ0v) is 19.2. The Bertz CT molecular complexity index is 917. The van der Waals surface area contributed by atoms with Crippen LogP contribution in [0.15, 0.2) is 29.2 Å². The molecule has 1 aromatic rings. The first-order valence-electron chi connectivity index (χ1n) is 10.6. The molecule has 9 heteroatoms. The van der Waals surface area contributed by atoms with Gasteiger partial charge in [0.25, 0.3) is 0 Å². The van der Waals surface area contributed by atoms with Crippen LogP contribution in [-0.4, -0.2) is 57.2 Å². The number of nitrogens with one attached hydrogen (secondary N) is 2. The minimum absolute atomic E-state index is 0. The molecule has 1 aromatic carbocycles. The van der Waals surface area contributed by atoms with Crippen LogP contribution < -0.4 is 10.6 Å². The van der Waals surface area contributed by atoms with Crippen LogP contribution >= 0.6 is 0 Å². The van der Waals surface area contributed by atoms with Gasteiger partial charge in [0.05, 0.1) is 11.0 Å². The van der Waals surface area contributed by atoms with E-state index in [4.69, 9.17) is 5.26 Å². The molecule has 2 rings (SSSR count). The van der Waals surface area contributed by atoms with Crippen molar-refractivity contribution in [2.24, 2.45) is 5.92 Å². The molecule has 2 atom stereocenters. The number of nitriles is 1. The summed E-state index contributed by atoms with van der Waals surface area (Å²) in [6, 6.07) is 8.25. The van der Waals surface area contributed by atoms with Crippen molar-refractivity contribution in [3.05, 3.63) is 29.8 Å². The smallest absolute Gasteiger partial charge is 0.317 e. The lowest BCUT2D eigenvalue weighted by atomic mass is 9.91. The molecule has 0 radical (unpaired) electrons. The minimum Gasteiger partial charge on any atom is -0.343 e. The molecule has 3 amide bonds. The SMILES string of the molecule is CC(C)CC(CC(=O)NCC#N)NC(=O)N1CCCC(c2ccc(S(C)(=O)=O)cc2)C1.[HH].[HH]. The van der Waals surface area contributed by atoms with Crippen LogP contribution in [0.3, 0.4) is 0 Å². The molecule has 174 valence electrons. The first kappa shape index (κ1) is 24.7. The Balaban J connectivity index is 0.00000512. The average Bonchev–Trinajstić information content (AvgIpc) is 2.71. The van der Waals surface area contributed by atoms with Crippen molar-refractivity contribution in [2.75, 3.05) is 25.9 Å². The van der Waals surface area contributed by atoms with Crippen LogP contribution in [0, 0.1) is 17.2 Å². The Hall–Kier alpha value is -2.60. The van der Waals surface area contributed by atoms with Gasteiger partial charge < -0.3 is 15.5 Å². The van der Waals surface area contributed by atoms with E-state index in [-0.39, 0.29) is 44.6 Å². The number of piperidine rings is 1. The van der Waals surface area contributed by atoms with Gasteiger partial charge in [0.1, 0.15) is 6.54 Å². The quantitative estimate of drug-likeness (QED) is 0.588. The molecule has 1 saturated heterocycles. The van der Waals surface area contributed by atoms with E-state index in [9.17, 15) is 18.0 Å². The molecule has 1 aliphatic rings. The van der Waals surface area contributed by atoms with E-state index < -0.39 is 9.84 Å². The summed E-state index contributed by atoms with van der Waals surface area (Å²) in [6.45, 7) is 5.19. The lowest BCUT2D eigenvalue weighted by molar-refractivity contribution is -0.121. The Morgan fingerprint density at radius 3 is 2.55 bits per heavy atom. The molecule has 2 N–H and O–H groups in total. The maximum absolute atomic E-state index is 12.9. The fraction of sp³-hybridized carbons (Fsp3) is 0.591. The summed E-state index contributed by atoms with van der Waals surface area (Å²) in [5.41, 5.74) is 1.01. The number of benzene rings is 1. The van der Waals surface area contributed by atoms with Gasteiger partial charge in [-0.25, -0.2) is 13.2 Å². The largest absolute Gasteiger partial charge is 0.343 e. The van der Waals surface area contributed by atoms with Crippen molar-refractivity contribution in [2.45, 2.75) is 56.4 Å². The Morgan fingerprint density at radius 1 is 1.29 bits per heavy atom. The van der Waals surface area contributed by atoms with Crippen LogP contribution in [0.2, 0.25) is 0 Å². The van der Waals surface area contributed by atoms with Crippen molar-refractivity contribution >= 4 is 21.8 Å². The van der Waals surface area contributed by atoms with Gasteiger partial charge in [-0.1, -0.05) is 26.0 Å². The summed E-state index contributed by atoms with van der Waals surface area (Å²) in [5.74, 6) is 0.183. The van der Waals surface area contributed by atoms with E-state index >= 15 is 0 Å². The minimum atomic E-state index is -3.24. The van der Waals surface area contributed by atoms with E-state index in [0.717, 1.165) is 18.4 Å². The maximum atomic E-state index is 12.9. The van der Waals surface area contributed by atoms with E-state index in [1.54, 1.807) is 17.0 Å². The Morgan fingerprint density at radius 2 is 1.97 bits per heavy atom. The predicted octanol–water partition coefficient (Wildman–Crippen LogP) is 2.92. The Labute approximate surface area is 187 Å². The summed E-state index contributed by atoms with van der Waals surface area (Å²) < 4.78 is 23.3. The summed E-state index contributed by atoms with van der Waals surface area (Å²) in [4.78, 5) is 27.0. The maximum Gasteiger partial charge on any atom is 0.317 e. The van der Waals surface area contributed by atoms with Gasteiger partial charge in [-0.05, 0) is 42.9 Å². The number of nitrogens with zero attached hydrogens (tertiary/aromatic N) is 2. The molecular formula is C22H36N4O4S. The molecule has 0 aliphatic carbocycles. The fourth-order valence-corrected chi connectivity index (χ4v) is 4.51. The first-order chi connectivity index (χ1) is 14.6.